The maximum atomic E-state index is 11.9. The van der Waals surface area contributed by atoms with Gasteiger partial charge in [-0.2, -0.15) is 13.2 Å². The molecule has 3 amide bonds. The minimum Gasteiger partial charge on any atom is -0.493 e. The third kappa shape index (κ3) is 8.12. The number of halogens is 3. The number of hydrogen-bond donors (Lipinski definition) is 2. The first kappa shape index (κ1) is 21.8. The highest BCUT2D eigenvalue weighted by Crippen LogP contribution is 2.28. The Morgan fingerprint density at radius 1 is 1.22 bits per heavy atom. The van der Waals surface area contributed by atoms with Gasteiger partial charge >= 0.3 is 18.2 Å². The lowest BCUT2D eigenvalue weighted by Gasteiger charge is -2.11. The molecule has 8 nitrogen and oxygen atoms in total. The van der Waals surface area contributed by atoms with Gasteiger partial charge in [-0.05, 0) is 18.2 Å². The van der Waals surface area contributed by atoms with Gasteiger partial charge in [0.05, 0.1) is 12.7 Å². The Hall–Kier alpha value is -3.24. The van der Waals surface area contributed by atoms with E-state index in [-0.39, 0.29) is 17.9 Å². The van der Waals surface area contributed by atoms with Crippen molar-refractivity contribution in [1.29, 1.82) is 0 Å². The molecule has 2 N–H and O–H groups in total. The van der Waals surface area contributed by atoms with Crippen molar-refractivity contribution < 1.29 is 41.8 Å². The molecule has 0 radical (unpaired) electrons. The van der Waals surface area contributed by atoms with Crippen molar-refractivity contribution >= 4 is 17.9 Å². The Balaban J connectivity index is 2.55. The fourth-order valence-electron chi connectivity index (χ4n) is 1.66. The van der Waals surface area contributed by atoms with Crippen molar-refractivity contribution in [3.8, 4) is 11.5 Å². The highest BCUT2D eigenvalue weighted by Gasteiger charge is 2.28. The fraction of sp³-hybridized carbons (Fsp3) is 0.312. The van der Waals surface area contributed by atoms with Crippen LogP contribution in [0.2, 0.25) is 0 Å². The summed E-state index contributed by atoms with van der Waals surface area (Å²) in [7, 11) is 1.36. The van der Waals surface area contributed by atoms with E-state index in [0.717, 1.165) is 0 Å². The topological polar surface area (TPSA) is 103 Å². The van der Waals surface area contributed by atoms with Crippen molar-refractivity contribution in [3.05, 3.63) is 36.4 Å². The molecule has 0 unspecified atom stereocenters. The molecule has 148 valence electrons. The maximum Gasteiger partial charge on any atom is 0.405 e. The van der Waals surface area contributed by atoms with Gasteiger partial charge in [0.25, 0.3) is 5.91 Å². The average molecular weight is 390 g/mol. The van der Waals surface area contributed by atoms with Crippen LogP contribution in [0.4, 0.5) is 18.0 Å². The summed E-state index contributed by atoms with van der Waals surface area (Å²) >= 11 is 0. The number of carbonyl (C=O) groups excluding carboxylic acids is 3. The standard InChI is InChI=1S/C16H17F3N2O6/c1-3-6-26-11-5-4-10(7-12(11)25-2)14(23)27-8-13(22)21-15(24)20-9-16(17,18)19/h3-5,7H,1,6,8-9H2,2H3,(H2,20,21,22,24). The number of esters is 1. The first-order chi connectivity index (χ1) is 12.7. The van der Waals surface area contributed by atoms with Gasteiger partial charge in [-0.3, -0.25) is 10.1 Å². The number of carbonyl (C=O) groups is 3. The van der Waals surface area contributed by atoms with E-state index in [2.05, 4.69) is 6.58 Å². The van der Waals surface area contributed by atoms with Gasteiger partial charge in [0, 0.05) is 0 Å². The normalized spacial score (nSPS) is 10.5. The predicted octanol–water partition coefficient (Wildman–Crippen LogP) is 1.80. The number of nitrogens with one attached hydrogen (secondary N) is 2. The van der Waals surface area contributed by atoms with Gasteiger partial charge in [0.15, 0.2) is 18.1 Å². The molecule has 0 atom stereocenters. The molecule has 0 saturated heterocycles. The molecular formula is C16H17F3N2O6. The second-order valence-corrected chi connectivity index (χ2v) is 4.89. The van der Waals surface area contributed by atoms with Gasteiger partial charge in [-0.1, -0.05) is 12.7 Å². The highest BCUT2D eigenvalue weighted by molar-refractivity contribution is 5.97. The number of alkyl halides is 3. The molecule has 0 spiro atoms. The summed E-state index contributed by atoms with van der Waals surface area (Å²) in [6, 6.07) is 2.76. The van der Waals surface area contributed by atoms with Crippen LogP contribution in [0.1, 0.15) is 10.4 Å². The van der Waals surface area contributed by atoms with E-state index in [1.807, 2.05) is 0 Å². The van der Waals surface area contributed by atoms with E-state index >= 15 is 0 Å². The Morgan fingerprint density at radius 2 is 1.93 bits per heavy atom. The third-order valence-corrected chi connectivity index (χ3v) is 2.79. The van der Waals surface area contributed by atoms with E-state index in [0.29, 0.717) is 5.75 Å². The lowest BCUT2D eigenvalue weighted by Crippen LogP contribution is -2.44. The van der Waals surface area contributed by atoms with Gasteiger partial charge in [0.1, 0.15) is 13.2 Å². The van der Waals surface area contributed by atoms with Crippen LogP contribution < -0.4 is 20.1 Å². The maximum absolute atomic E-state index is 11.9. The van der Waals surface area contributed by atoms with Crippen molar-refractivity contribution in [2.24, 2.45) is 0 Å². The summed E-state index contributed by atoms with van der Waals surface area (Å²) in [5, 5.41) is 3.03. The summed E-state index contributed by atoms with van der Waals surface area (Å²) < 4.78 is 50.9. The average Bonchev–Trinajstić information content (AvgIpc) is 2.62. The zero-order valence-electron chi connectivity index (χ0n) is 14.2. The molecule has 0 fully saturated rings. The second-order valence-electron chi connectivity index (χ2n) is 4.89. The lowest BCUT2D eigenvalue weighted by atomic mass is 10.2. The molecular weight excluding hydrogens is 373 g/mol. The number of amides is 3. The molecule has 1 aromatic rings. The van der Waals surface area contributed by atoms with Crippen molar-refractivity contribution in [1.82, 2.24) is 10.6 Å². The van der Waals surface area contributed by atoms with Gasteiger partial charge in [-0.15, -0.1) is 0 Å². The molecule has 0 aliphatic heterocycles. The van der Waals surface area contributed by atoms with E-state index < -0.39 is 37.2 Å². The monoisotopic (exact) mass is 390 g/mol. The summed E-state index contributed by atoms with van der Waals surface area (Å²) in [5.41, 5.74) is 0.0344. The summed E-state index contributed by atoms with van der Waals surface area (Å²) in [6.45, 7) is 1.25. The summed E-state index contributed by atoms with van der Waals surface area (Å²) in [6.07, 6.45) is -3.10. The molecule has 1 aromatic carbocycles. The molecule has 0 aliphatic rings. The SMILES string of the molecule is C=CCOc1ccc(C(=O)OCC(=O)NC(=O)NCC(F)(F)F)cc1OC. The van der Waals surface area contributed by atoms with Gasteiger partial charge in [-0.25, -0.2) is 9.59 Å². The molecule has 0 aliphatic carbocycles. The summed E-state index contributed by atoms with van der Waals surface area (Å²) in [4.78, 5) is 34.4. The molecule has 0 aromatic heterocycles. The van der Waals surface area contributed by atoms with Crippen LogP contribution in [0.15, 0.2) is 30.9 Å². The van der Waals surface area contributed by atoms with Crippen LogP contribution in [0.25, 0.3) is 0 Å². The van der Waals surface area contributed by atoms with E-state index in [1.54, 1.807) is 5.32 Å². The smallest absolute Gasteiger partial charge is 0.405 e. The minimum absolute atomic E-state index is 0.0344. The van der Waals surface area contributed by atoms with Crippen molar-refractivity contribution in [2.75, 3.05) is 26.9 Å². The zero-order chi connectivity index (χ0) is 20.4. The van der Waals surface area contributed by atoms with Gasteiger partial charge in [0.2, 0.25) is 0 Å². The van der Waals surface area contributed by atoms with Crippen LogP contribution in [0, 0.1) is 0 Å². The highest BCUT2D eigenvalue weighted by atomic mass is 19.4. The van der Waals surface area contributed by atoms with Crippen LogP contribution in [-0.2, 0) is 9.53 Å². The van der Waals surface area contributed by atoms with Gasteiger partial charge < -0.3 is 19.5 Å². The Labute approximate surface area is 152 Å². The lowest BCUT2D eigenvalue weighted by molar-refractivity contribution is -0.125. The molecule has 11 heteroatoms. The van der Waals surface area contributed by atoms with Crippen molar-refractivity contribution in [2.45, 2.75) is 6.18 Å². The molecule has 0 heterocycles. The Kier molecular flexibility index (Phi) is 8.11. The Bertz CT molecular complexity index is 706. The fourth-order valence-corrected chi connectivity index (χ4v) is 1.66. The van der Waals surface area contributed by atoms with E-state index in [9.17, 15) is 27.6 Å². The first-order valence-corrected chi connectivity index (χ1v) is 7.39. The van der Waals surface area contributed by atoms with E-state index in [1.165, 1.54) is 36.7 Å². The zero-order valence-corrected chi connectivity index (χ0v) is 14.2. The number of urea groups is 1. The number of benzene rings is 1. The number of methoxy groups -OCH3 is 1. The first-order valence-electron chi connectivity index (χ1n) is 7.39. The largest absolute Gasteiger partial charge is 0.493 e. The van der Waals surface area contributed by atoms with Crippen LogP contribution >= 0.6 is 0 Å². The quantitative estimate of drug-likeness (QED) is 0.518. The molecule has 27 heavy (non-hydrogen) atoms. The number of imide groups is 1. The van der Waals surface area contributed by atoms with Crippen molar-refractivity contribution in [3.63, 3.8) is 0 Å². The summed E-state index contributed by atoms with van der Waals surface area (Å²) in [5.74, 6) is -1.41. The van der Waals surface area contributed by atoms with Crippen LogP contribution in [-0.4, -0.2) is 51.0 Å². The second kappa shape index (κ2) is 10.0. The molecule has 0 saturated carbocycles. The van der Waals surface area contributed by atoms with Crippen LogP contribution in [0.5, 0.6) is 11.5 Å². The van der Waals surface area contributed by atoms with E-state index in [4.69, 9.17) is 14.2 Å². The van der Waals surface area contributed by atoms with Crippen LogP contribution in [0.3, 0.4) is 0 Å². The minimum atomic E-state index is -4.62. The molecule has 1 rings (SSSR count). The number of ether oxygens (including phenoxy) is 3. The Morgan fingerprint density at radius 3 is 2.52 bits per heavy atom. The number of rotatable bonds is 8. The predicted molar refractivity (Wildman–Crippen MR) is 86.6 cm³/mol. The third-order valence-electron chi connectivity index (χ3n) is 2.79. The number of hydrogen-bond acceptors (Lipinski definition) is 6. The molecule has 0 bridgehead atoms.